The van der Waals surface area contributed by atoms with E-state index >= 15 is 0 Å². The Kier molecular flexibility index (Phi) is 4.96. The standard InChI is InChI=1S/C14H14Br2N2O/c1-19-14-3-2-9(4-12(14)16)5-13(17)10-6-11(15)8-18-7-10/h2-4,6-8,13H,5,17H2,1H3. The molecule has 1 aromatic heterocycles. The molecular weight excluding hydrogens is 372 g/mol. The van der Waals surface area contributed by atoms with Gasteiger partial charge in [-0.15, -0.1) is 0 Å². The van der Waals surface area contributed by atoms with Gasteiger partial charge in [0.15, 0.2) is 0 Å². The molecule has 1 aromatic carbocycles. The molecule has 0 aliphatic carbocycles. The number of benzene rings is 1. The Morgan fingerprint density at radius 3 is 2.68 bits per heavy atom. The van der Waals surface area contributed by atoms with Gasteiger partial charge in [0.2, 0.25) is 0 Å². The van der Waals surface area contributed by atoms with Crippen LogP contribution in [0.3, 0.4) is 0 Å². The molecule has 100 valence electrons. The first-order valence-corrected chi connectivity index (χ1v) is 7.37. The molecule has 0 aliphatic rings. The number of hydrogen-bond acceptors (Lipinski definition) is 3. The summed E-state index contributed by atoms with van der Waals surface area (Å²) in [6, 6.07) is 7.91. The molecule has 0 saturated carbocycles. The number of aromatic nitrogens is 1. The highest BCUT2D eigenvalue weighted by Gasteiger charge is 2.09. The van der Waals surface area contributed by atoms with E-state index in [0.717, 1.165) is 32.2 Å². The second-order valence-corrected chi connectivity index (χ2v) is 5.99. The fourth-order valence-electron chi connectivity index (χ4n) is 1.84. The van der Waals surface area contributed by atoms with E-state index in [-0.39, 0.29) is 6.04 Å². The van der Waals surface area contributed by atoms with Crippen molar-refractivity contribution in [1.29, 1.82) is 0 Å². The lowest BCUT2D eigenvalue weighted by atomic mass is 10.0. The Hall–Kier alpha value is -0.910. The van der Waals surface area contributed by atoms with E-state index in [9.17, 15) is 0 Å². The summed E-state index contributed by atoms with van der Waals surface area (Å²) < 4.78 is 7.09. The monoisotopic (exact) mass is 384 g/mol. The quantitative estimate of drug-likeness (QED) is 0.869. The van der Waals surface area contributed by atoms with Crippen molar-refractivity contribution in [3.8, 4) is 5.75 Å². The highest BCUT2D eigenvalue weighted by atomic mass is 79.9. The van der Waals surface area contributed by atoms with Crippen molar-refractivity contribution in [3.05, 3.63) is 56.7 Å². The van der Waals surface area contributed by atoms with E-state index in [1.807, 2.05) is 24.3 Å². The van der Waals surface area contributed by atoms with E-state index in [0.29, 0.717) is 0 Å². The minimum atomic E-state index is -0.0784. The van der Waals surface area contributed by atoms with Crippen molar-refractivity contribution < 1.29 is 4.74 Å². The lowest BCUT2D eigenvalue weighted by Crippen LogP contribution is -2.13. The lowest BCUT2D eigenvalue weighted by Gasteiger charge is -2.13. The average molecular weight is 386 g/mol. The van der Waals surface area contributed by atoms with Gasteiger partial charge in [0.25, 0.3) is 0 Å². The summed E-state index contributed by atoms with van der Waals surface area (Å²) in [5.41, 5.74) is 8.38. The van der Waals surface area contributed by atoms with Gasteiger partial charge in [-0.2, -0.15) is 0 Å². The molecule has 2 N–H and O–H groups in total. The minimum absolute atomic E-state index is 0.0784. The first kappa shape index (κ1) is 14.5. The van der Waals surface area contributed by atoms with Crippen LogP contribution in [0.5, 0.6) is 5.75 Å². The van der Waals surface area contributed by atoms with Crippen LogP contribution in [0, 0.1) is 0 Å². The van der Waals surface area contributed by atoms with Crippen LogP contribution in [-0.2, 0) is 6.42 Å². The molecule has 1 unspecified atom stereocenters. The van der Waals surface area contributed by atoms with Gasteiger partial charge in [0, 0.05) is 22.9 Å². The van der Waals surface area contributed by atoms with Crippen LogP contribution in [-0.4, -0.2) is 12.1 Å². The highest BCUT2D eigenvalue weighted by molar-refractivity contribution is 9.10. The van der Waals surface area contributed by atoms with Gasteiger partial charge in [-0.1, -0.05) is 6.07 Å². The molecule has 0 fully saturated rings. The molecule has 0 bridgehead atoms. The summed E-state index contributed by atoms with van der Waals surface area (Å²) in [6.07, 6.45) is 4.30. The number of ether oxygens (including phenoxy) is 1. The van der Waals surface area contributed by atoms with Crippen LogP contribution in [0.1, 0.15) is 17.2 Å². The largest absolute Gasteiger partial charge is 0.496 e. The maximum atomic E-state index is 6.21. The molecule has 0 radical (unpaired) electrons. The van der Waals surface area contributed by atoms with E-state index < -0.39 is 0 Å². The Balaban J connectivity index is 2.14. The fraction of sp³-hybridized carbons (Fsp3) is 0.214. The van der Waals surface area contributed by atoms with Crippen LogP contribution in [0.15, 0.2) is 45.6 Å². The Labute approximate surface area is 129 Å². The Morgan fingerprint density at radius 2 is 2.05 bits per heavy atom. The number of nitrogens with zero attached hydrogens (tertiary/aromatic N) is 1. The van der Waals surface area contributed by atoms with Crippen molar-refractivity contribution in [3.63, 3.8) is 0 Å². The molecule has 0 saturated heterocycles. The zero-order chi connectivity index (χ0) is 13.8. The van der Waals surface area contributed by atoms with Crippen molar-refractivity contribution in [2.24, 2.45) is 5.73 Å². The summed E-state index contributed by atoms with van der Waals surface area (Å²) in [5.74, 6) is 0.821. The molecule has 0 aliphatic heterocycles. The fourth-order valence-corrected chi connectivity index (χ4v) is 2.81. The molecule has 3 nitrogen and oxygen atoms in total. The number of pyridine rings is 1. The van der Waals surface area contributed by atoms with Crippen molar-refractivity contribution in [2.45, 2.75) is 12.5 Å². The zero-order valence-electron chi connectivity index (χ0n) is 10.4. The second-order valence-electron chi connectivity index (χ2n) is 4.22. The SMILES string of the molecule is COc1ccc(CC(N)c2cncc(Br)c2)cc1Br. The predicted octanol–water partition coefficient (Wildman–Crippen LogP) is 3.86. The molecule has 19 heavy (non-hydrogen) atoms. The first-order chi connectivity index (χ1) is 9.10. The molecule has 0 amide bonds. The second kappa shape index (κ2) is 6.50. The number of hydrogen-bond donors (Lipinski definition) is 1. The topological polar surface area (TPSA) is 48.1 Å². The molecule has 2 aromatic rings. The van der Waals surface area contributed by atoms with Crippen molar-refractivity contribution in [1.82, 2.24) is 4.98 Å². The van der Waals surface area contributed by atoms with E-state index in [1.165, 1.54) is 0 Å². The van der Waals surface area contributed by atoms with Gasteiger partial charge < -0.3 is 10.5 Å². The lowest BCUT2D eigenvalue weighted by molar-refractivity contribution is 0.412. The molecule has 1 heterocycles. The van der Waals surface area contributed by atoms with E-state index in [4.69, 9.17) is 10.5 Å². The van der Waals surface area contributed by atoms with Crippen LogP contribution in [0.25, 0.3) is 0 Å². The van der Waals surface area contributed by atoms with E-state index in [2.05, 4.69) is 36.8 Å². The van der Waals surface area contributed by atoms with Gasteiger partial charge in [-0.25, -0.2) is 0 Å². The number of halogens is 2. The van der Waals surface area contributed by atoms with Crippen LogP contribution in [0.2, 0.25) is 0 Å². The minimum Gasteiger partial charge on any atom is -0.496 e. The molecule has 5 heteroatoms. The summed E-state index contributed by atoms with van der Waals surface area (Å²) in [4.78, 5) is 4.14. The highest BCUT2D eigenvalue weighted by Crippen LogP contribution is 2.27. The van der Waals surface area contributed by atoms with Gasteiger partial charge in [0.05, 0.1) is 11.6 Å². The van der Waals surface area contributed by atoms with E-state index in [1.54, 1.807) is 19.5 Å². The van der Waals surface area contributed by atoms with Gasteiger partial charge in [0.1, 0.15) is 5.75 Å². The summed E-state index contributed by atoms with van der Waals surface area (Å²) in [5, 5.41) is 0. The maximum absolute atomic E-state index is 6.21. The Bertz CT molecular complexity index is 575. The zero-order valence-corrected chi connectivity index (χ0v) is 13.6. The van der Waals surface area contributed by atoms with Crippen molar-refractivity contribution in [2.75, 3.05) is 7.11 Å². The molecule has 1 atom stereocenters. The summed E-state index contributed by atoms with van der Waals surface area (Å²) in [6.45, 7) is 0. The van der Waals surface area contributed by atoms with Crippen molar-refractivity contribution >= 4 is 31.9 Å². The summed E-state index contributed by atoms with van der Waals surface area (Å²) >= 11 is 6.88. The number of nitrogens with two attached hydrogens (primary N) is 1. The van der Waals surface area contributed by atoms with Crippen LogP contribution < -0.4 is 10.5 Å². The smallest absolute Gasteiger partial charge is 0.133 e. The number of methoxy groups -OCH3 is 1. The first-order valence-electron chi connectivity index (χ1n) is 5.78. The van der Waals surface area contributed by atoms with Crippen LogP contribution in [0.4, 0.5) is 0 Å². The number of rotatable bonds is 4. The average Bonchev–Trinajstić information content (AvgIpc) is 2.39. The normalized spacial score (nSPS) is 12.2. The molecular formula is C14H14Br2N2O. The molecule has 2 rings (SSSR count). The maximum Gasteiger partial charge on any atom is 0.133 e. The third kappa shape index (κ3) is 3.78. The van der Waals surface area contributed by atoms with Gasteiger partial charge in [-0.3, -0.25) is 4.98 Å². The predicted molar refractivity (Wildman–Crippen MR) is 83.3 cm³/mol. The summed E-state index contributed by atoms with van der Waals surface area (Å²) in [7, 11) is 1.65. The molecule has 0 spiro atoms. The Morgan fingerprint density at radius 1 is 1.26 bits per heavy atom. The third-order valence-corrected chi connectivity index (χ3v) is 3.88. The van der Waals surface area contributed by atoms with Crippen LogP contribution >= 0.6 is 31.9 Å². The third-order valence-electron chi connectivity index (χ3n) is 2.83. The van der Waals surface area contributed by atoms with Gasteiger partial charge >= 0.3 is 0 Å². The van der Waals surface area contributed by atoms with Gasteiger partial charge in [-0.05, 0) is 67.6 Å².